The molecule has 0 radical (unpaired) electrons. The van der Waals surface area contributed by atoms with E-state index in [1.807, 2.05) is 20.9 Å². The smallest absolute Gasteiger partial charge is 0.408 e. The molecule has 21 heavy (non-hydrogen) atoms. The second-order valence-corrected chi connectivity index (χ2v) is 6.47. The molecule has 0 saturated carbocycles. The lowest BCUT2D eigenvalue weighted by atomic mass is 10.0. The summed E-state index contributed by atoms with van der Waals surface area (Å²) < 4.78 is 5.19. The van der Waals surface area contributed by atoms with E-state index in [0.717, 1.165) is 19.4 Å². The Morgan fingerprint density at radius 2 is 1.67 bits per heavy atom. The first kappa shape index (κ1) is 19.7. The van der Waals surface area contributed by atoms with Gasteiger partial charge >= 0.3 is 6.09 Å². The molecule has 1 unspecified atom stereocenters. The Hall–Kier alpha value is -1.30. The normalized spacial score (nSPS) is 12.9. The molecule has 6 nitrogen and oxygen atoms in total. The summed E-state index contributed by atoms with van der Waals surface area (Å²) in [4.78, 5) is 23.9. The second-order valence-electron chi connectivity index (χ2n) is 6.47. The molecule has 0 aliphatic carbocycles. The summed E-state index contributed by atoms with van der Waals surface area (Å²) in [6.45, 7) is 10.7. The highest BCUT2D eigenvalue weighted by atomic mass is 16.6. The minimum atomic E-state index is -0.579. The highest BCUT2D eigenvalue weighted by Crippen LogP contribution is 2.08. The predicted molar refractivity (Wildman–Crippen MR) is 84.2 cm³/mol. The summed E-state index contributed by atoms with van der Waals surface area (Å²) >= 11 is 0. The molecule has 2 amide bonds. The Morgan fingerprint density at radius 1 is 1.10 bits per heavy atom. The fourth-order valence-corrected chi connectivity index (χ4v) is 1.72. The van der Waals surface area contributed by atoms with Crippen LogP contribution in [0.4, 0.5) is 4.79 Å². The van der Waals surface area contributed by atoms with E-state index < -0.39 is 17.7 Å². The molecule has 6 heteroatoms. The van der Waals surface area contributed by atoms with Crippen molar-refractivity contribution in [1.82, 2.24) is 16.0 Å². The SMILES string of the molecule is CNCCCCNC(=O)C(NC(=O)OC(C)(C)C)C(C)C. The Morgan fingerprint density at radius 3 is 2.14 bits per heavy atom. The number of carbonyl (C=O) groups excluding carboxylic acids is 2. The number of alkyl carbamates (subject to hydrolysis) is 1. The molecule has 3 N–H and O–H groups in total. The first-order valence-electron chi connectivity index (χ1n) is 7.59. The largest absolute Gasteiger partial charge is 0.444 e. The summed E-state index contributed by atoms with van der Waals surface area (Å²) in [7, 11) is 1.90. The fourth-order valence-electron chi connectivity index (χ4n) is 1.72. The van der Waals surface area contributed by atoms with Crippen LogP contribution in [-0.2, 0) is 9.53 Å². The maximum Gasteiger partial charge on any atom is 0.408 e. The topological polar surface area (TPSA) is 79.5 Å². The van der Waals surface area contributed by atoms with Crippen molar-refractivity contribution >= 4 is 12.0 Å². The number of amides is 2. The minimum Gasteiger partial charge on any atom is -0.444 e. The number of unbranched alkanes of at least 4 members (excludes halogenated alkanes) is 1. The zero-order valence-corrected chi connectivity index (χ0v) is 14.2. The minimum absolute atomic E-state index is 0.00479. The molecule has 0 aliphatic rings. The van der Waals surface area contributed by atoms with Gasteiger partial charge in [-0.1, -0.05) is 13.8 Å². The quantitative estimate of drug-likeness (QED) is 0.596. The average Bonchev–Trinajstić information content (AvgIpc) is 2.33. The van der Waals surface area contributed by atoms with Crippen molar-refractivity contribution in [2.24, 2.45) is 5.92 Å². The number of nitrogens with one attached hydrogen (secondary N) is 3. The van der Waals surface area contributed by atoms with Crippen LogP contribution in [0.2, 0.25) is 0 Å². The fraction of sp³-hybridized carbons (Fsp3) is 0.867. The van der Waals surface area contributed by atoms with Gasteiger partial charge < -0.3 is 20.7 Å². The lowest BCUT2D eigenvalue weighted by Crippen LogP contribution is -2.51. The Balaban J connectivity index is 4.28. The maximum absolute atomic E-state index is 12.1. The van der Waals surface area contributed by atoms with Crippen molar-refractivity contribution in [2.75, 3.05) is 20.1 Å². The van der Waals surface area contributed by atoms with Gasteiger partial charge in [-0.2, -0.15) is 0 Å². The van der Waals surface area contributed by atoms with Gasteiger partial charge in [0.1, 0.15) is 11.6 Å². The Labute approximate surface area is 128 Å². The van der Waals surface area contributed by atoms with Gasteiger partial charge in [-0.3, -0.25) is 4.79 Å². The van der Waals surface area contributed by atoms with Crippen LogP contribution in [-0.4, -0.2) is 43.8 Å². The highest BCUT2D eigenvalue weighted by molar-refractivity contribution is 5.85. The monoisotopic (exact) mass is 301 g/mol. The molecule has 0 heterocycles. The van der Waals surface area contributed by atoms with E-state index in [1.165, 1.54) is 0 Å². The summed E-state index contributed by atoms with van der Waals surface area (Å²) in [5, 5.41) is 8.55. The van der Waals surface area contributed by atoms with Crippen molar-refractivity contribution in [2.45, 2.75) is 59.1 Å². The van der Waals surface area contributed by atoms with Crippen LogP contribution in [0.25, 0.3) is 0 Å². The maximum atomic E-state index is 12.1. The third-order valence-corrected chi connectivity index (χ3v) is 2.77. The zero-order chi connectivity index (χ0) is 16.5. The number of carbonyl (C=O) groups is 2. The number of rotatable bonds is 8. The van der Waals surface area contributed by atoms with Crippen LogP contribution in [0, 0.1) is 5.92 Å². The van der Waals surface area contributed by atoms with E-state index in [4.69, 9.17) is 4.74 Å². The molecule has 0 fully saturated rings. The molecule has 0 aromatic carbocycles. The molecule has 0 aliphatic heterocycles. The summed E-state index contributed by atoms with van der Waals surface area (Å²) in [6.07, 6.45) is 1.35. The van der Waals surface area contributed by atoms with Gasteiger partial charge in [-0.25, -0.2) is 4.79 Å². The van der Waals surface area contributed by atoms with E-state index in [9.17, 15) is 9.59 Å². The van der Waals surface area contributed by atoms with Crippen LogP contribution in [0.5, 0.6) is 0 Å². The molecule has 0 aromatic rings. The van der Waals surface area contributed by atoms with Crippen molar-refractivity contribution in [3.63, 3.8) is 0 Å². The van der Waals surface area contributed by atoms with Gasteiger partial charge in [0.15, 0.2) is 0 Å². The van der Waals surface area contributed by atoms with Gasteiger partial charge in [0, 0.05) is 6.54 Å². The van der Waals surface area contributed by atoms with Crippen LogP contribution < -0.4 is 16.0 Å². The molecule has 0 saturated heterocycles. The molecule has 0 bridgehead atoms. The number of hydrogen-bond acceptors (Lipinski definition) is 4. The van der Waals surface area contributed by atoms with Crippen molar-refractivity contribution in [3.8, 4) is 0 Å². The van der Waals surface area contributed by atoms with Crippen molar-refractivity contribution in [3.05, 3.63) is 0 Å². The van der Waals surface area contributed by atoms with Gasteiger partial charge in [-0.15, -0.1) is 0 Å². The molecule has 1 atom stereocenters. The van der Waals surface area contributed by atoms with Crippen LogP contribution in [0.3, 0.4) is 0 Å². The first-order chi connectivity index (χ1) is 9.67. The summed E-state index contributed by atoms with van der Waals surface area (Å²) in [6, 6.07) is -0.579. The number of hydrogen-bond donors (Lipinski definition) is 3. The standard InChI is InChI=1S/C15H31N3O3/c1-11(2)12(18-14(20)21-15(3,4)5)13(19)17-10-8-7-9-16-6/h11-12,16H,7-10H2,1-6H3,(H,17,19)(H,18,20). The molecular formula is C15H31N3O3. The van der Waals surface area contributed by atoms with E-state index in [2.05, 4.69) is 16.0 Å². The van der Waals surface area contributed by atoms with Gasteiger partial charge in [0.25, 0.3) is 0 Å². The number of ether oxygens (including phenoxy) is 1. The van der Waals surface area contributed by atoms with Crippen LogP contribution in [0.1, 0.15) is 47.5 Å². The molecular weight excluding hydrogens is 270 g/mol. The molecule has 0 rings (SSSR count). The Kier molecular flexibility index (Phi) is 9.01. The van der Waals surface area contributed by atoms with E-state index in [-0.39, 0.29) is 11.8 Å². The van der Waals surface area contributed by atoms with Gasteiger partial charge in [0.05, 0.1) is 0 Å². The molecule has 124 valence electrons. The summed E-state index contributed by atoms with van der Waals surface area (Å²) in [5.74, 6) is -0.171. The zero-order valence-electron chi connectivity index (χ0n) is 14.2. The lowest BCUT2D eigenvalue weighted by Gasteiger charge is -2.25. The second kappa shape index (κ2) is 9.60. The Bertz CT molecular complexity index is 325. The van der Waals surface area contributed by atoms with E-state index in [1.54, 1.807) is 20.8 Å². The third-order valence-electron chi connectivity index (χ3n) is 2.77. The predicted octanol–water partition coefficient (Wildman–Crippen LogP) is 1.65. The first-order valence-corrected chi connectivity index (χ1v) is 7.59. The molecule has 0 spiro atoms. The summed E-state index contributed by atoms with van der Waals surface area (Å²) in [5.41, 5.74) is -0.574. The van der Waals surface area contributed by atoms with E-state index >= 15 is 0 Å². The van der Waals surface area contributed by atoms with Gasteiger partial charge in [0.2, 0.25) is 5.91 Å². The molecule has 0 aromatic heterocycles. The van der Waals surface area contributed by atoms with Crippen LogP contribution in [0.15, 0.2) is 0 Å². The lowest BCUT2D eigenvalue weighted by molar-refractivity contribution is -0.124. The van der Waals surface area contributed by atoms with Crippen molar-refractivity contribution in [1.29, 1.82) is 0 Å². The average molecular weight is 301 g/mol. The van der Waals surface area contributed by atoms with Crippen molar-refractivity contribution < 1.29 is 14.3 Å². The van der Waals surface area contributed by atoms with Gasteiger partial charge in [-0.05, 0) is 53.1 Å². The van der Waals surface area contributed by atoms with E-state index in [0.29, 0.717) is 6.54 Å². The van der Waals surface area contributed by atoms with Crippen LogP contribution >= 0.6 is 0 Å². The third kappa shape index (κ3) is 10.1. The highest BCUT2D eigenvalue weighted by Gasteiger charge is 2.26.